The van der Waals surface area contributed by atoms with Crippen molar-refractivity contribution in [3.63, 3.8) is 0 Å². The molecule has 3 aromatic heterocycles. The highest BCUT2D eigenvalue weighted by Crippen LogP contribution is 2.43. The van der Waals surface area contributed by atoms with E-state index in [4.69, 9.17) is 13.6 Å². The maximum absolute atomic E-state index is 13.1. The summed E-state index contributed by atoms with van der Waals surface area (Å²) in [5.41, 5.74) is -0.614. The van der Waals surface area contributed by atoms with Gasteiger partial charge in [0.05, 0.1) is 29.5 Å². The Morgan fingerprint density at radius 3 is 2.50 bits per heavy atom. The van der Waals surface area contributed by atoms with Crippen LogP contribution in [-0.2, 0) is 0 Å². The predicted octanol–water partition coefficient (Wildman–Crippen LogP) is 3.95. The van der Waals surface area contributed by atoms with Crippen LogP contribution in [0.3, 0.4) is 0 Å². The molecule has 3 fully saturated rings. The molecule has 36 heavy (non-hydrogen) atoms. The molecule has 3 aliphatic heterocycles. The van der Waals surface area contributed by atoms with Gasteiger partial charge in [-0.1, -0.05) is 6.08 Å². The van der Waals surface area contributed by atoms with E-state index in [2.05, 4.69) is 16.5 Å². The number of piperidine rings is 3. The van der Waals surface area contributed by atoms with Gasteiger partial charge in [0.25, 0.3) is 5.71 Å². The molecule has 1 N–H and O–H groups in total. The first kappa shape index (κ1) is 22.7. The van der Waals surface area contributed by atoms with Gasteiger partial charge in [-0.3, -0.25) is 4.90 Å². The van der Waals surface area contributed by atoms with Gasteiger partial charge in [-0.25, -0.2) is 14.6 Å². The molecule has 6 heterocycles. The number of hydrogen-bond donors (Lipinski definition) is 1. The van der Waals surface area contributed by atoms with Gasteiger partial charge in [0, 0.05) is 23.5 Å². The lowest BCUT2D eigenvalue weighted by Gasteiger charge is -2.50. The molecule has 5 aromatic rings. The fraction of sp³-hybridized carbons (Fsp3) is 0.321. The van der Waals surface area contributed by atoms with E-state index in [9.17, 15) is 14.7 Å². The lowest BCUT2D eigenvalue weighted by molar-refractivity contribution is -0.0443. The Kier molecular flexibility index (Phi) is 5.50. The van der Waals surface area contributed by atoms with Crippen LogP contribution in [0.1, 0.15) is 24.5 Å². The zero-order chi connectivity index (χ0) is 25.0. The highest BCUT2D eigenvalue weighted by molar-refractivity contribution is 5.94. The summed E-state index contributed by atoms with van der Waals surface area (Å²) in [6.45, 7) is 5.66. The number of aromatic nitrogens is 1. The first-order chi connectivity index (χ1) is 17.5. The summed E-state index contributed by atoms with van der Waals surface area (Å²) >= 11 is 0. The van der Waals surface area contributed by atoms with Crippen molar-refractivity contribution in [2.75, 3.05) is 20.2 Å². The summed E-state index contributed by atoms with van der Waals surface area (Å²) in [4.78, 5) is 32.7. The normalized spacial score (nSPS) is 24.2. The largest absolute Gasteiger partial charge is 0.497 e. The van der Waals surface area contributed by atoms with Crippen molar-refractivity contribution in [1.29, 1.82) is 0 Å². The van der Waals surface area contributed by atoms with Crippen LogP contribution in [0.4, 0.5) is 0 Å². The molecule has 4 bridgehead atoms. The lowest BCUT2D eigenvalue weighted by Crippen LogP contribution is -2.54. The van der Waals surface area contributed by atoms with Crippen LogP contribution in [0.2, 0.25) is 0 Å². The van der Waals surface area contributed by atoms with Crippen LogP contribution in [0.15, 0.2) is 73.5 Å². The number of aliphatic hydroxyl groups excluding tert-OH is 1. The number of benzene rings is 2. The molecule has 8 rings (SSSR count). The van der Waals surface area contributed by atoms with Gasteiger partial charge in [-0.2, -0.15) is 0 Å². The standard InChI is InChI=1S/C28H26N2O6/c1-3-15-14-30-11-10-18(15)12-22(30)24(31)23-20-13-19(34-2)8-9-21(20)29-26-25(23)35-27(32)16-4-6-17(7-5-16)28(33)36-26/h3-9,13,15,18,22,24,31H,1,10-12,14H2,2H3/t15-,18?,22-,24-/m0/s1. The first-order valence-corrected chi connectivity index (χ1v) is 12.1. The molecule has 5 atom stereocenters. The number of fused-ring (bicyclic) bond motifs is 8. The van der Waals surface area contributed by atoms with Gasteiger partial charge < -0.3 is 18.7 Å². The minimum Gasteiger partial charge on any atom is -0.497 e. The van der Waals surface area contributed by atoms with Gasteiger partial charge in [0.2, 0.25) is 0 Å². The summed E-state index contributed by atoms with van der Waals surface area (Å²) in [5.74, 6) is 1.36. The SMILES string of the molecule is C=C[C@H]1CN2CCC1C[C@H]2[C@H](O)c1c2cc(OC)ccc2nc2oc(=O)c3ccc(cc3)c(=O)oc12. The van der Waals surface area contributed by atoms with E-state index in [1.165, 1.54) is 24.3 Å². The molecule has 2 unspecified atom stereocenters. The monoisotopic (exact) mass is 486 g/mol. The van der Waals surface area contributed by atoms with Gasteiger partial charge in [0.15, 0.2) is 5.58 Å². The minimum absolute atomic E-state index is 0.0491. The third-order valence-corrected chi connectivity index (χ3v) is 7.71. The fourth-order valence-electron chi connectivity index (χ4n) is 5.75. The van der Waals surface area contributed by atoms with Crippen LogP contribution in [0.5, 0.6) is 5.75 Å². The molecule has 3 saturated heterocycles. The van der Waals surface area contributed by atoms with Crippen molar-refractivity contribution < 1.29 is 18.7 Å². The maximum atomic E-state index is 13.1. The quantitative estimate of drug-likeness (QED) is 0.432. The number of pyridine rings is 1. The zero-order valence-corrected chi connectivity index (χ0v) is 19.8. The van der Waals surface area contributed by atoms with E-state index >= 15 is 0 Å². The molecular weight excluding hydrogens is 460 g/mol. The molecule has 3 aliphatic rings. The van der Waals surface area contributed by atoms with Crippen LogP contribution in [0.25, 0.3) is 33.0 Å². The number of ether oxygens (including phenoxy) is 1. The van der Waals surface area contributed by atoms with Gasteiger partial charge in [-0.05, 0) is 73.7 Å². The van der Waals surface area contributed by atoms with E-state index in [1.54, 1.807) is 25.3 Å². The van der Waals surface area contributed by atoms with E-state index < -0.39 is 17.4 Å². The van der Waals surface area contributed by atoms with Crippen molar-refractivity contribution in [2.45, 2.75) is 25.0 Å². The summed E-state index contributed by atoms with van der Waals surface area (Å²) < 4.78 is 16.9. The highest BCUT2D eigenvalue weighted by Gasteiger charge is 2.43. The number of aliphatic hydroxyl groups is 1. The van der Waals surface area contributed by atoms with Crippen LogP contribution < -0.4 is 16.0 Å². The third kappa shape index (κ3) is 3.65. The van der Waals surface area contributed by atoms with Crippen LogP contribution in [-0.4, -0.2) is 41.2 Å². The molecular formula is C28H26N2O6. The second-order valence-electron chi connectivity index (χ2n) is 9.59. The summed E-state index contributed by atoms with van der Waals surface area (Å²) in [6.07, 6.45) is 2.79. The maximum Gasteiger partial charge on any atom is 0.344 e. The Labute approximate surface area is 206 Å². The van der Waals surface area contributed by atoms with Crippen LogP contribution >= 0.6 is 0 Å². The Balaban J connectivity index is 1.68. The molecule has 2 aromatic carbocycles. The smallest absolute Gasteiger partial charge is 0.344 e. The van der Waals surface area contributed by atoms with Gasteiger partial charge in [0.1, 0.15) is 5.75 Å². The lowest BCUT2D eigenvalue weighted by atomic mass is 9.73. The number of methoxy groups -OCH3 is 1. The fourth-order valence-corrected chi connectivity index (χ4v) is 5.75. The molecule has 8 nitrogen and oxygen atoms in total. The van der Waals surface area contributed by atoms with Crippen molar-refractivity contribution in [3.05, 3.63) is 81.5 Å². The average molecular weight is 487 g/mol. The molecule has 0 radical (unpaired) electrons. The molecule has 0 aliphatic carbocycles. The Morgan fingerprint density at radius 1 is 1.14 bits per heavy atom. The number of hydrogen-bond acceptors (Lipinski definition) is 8. The topological polar surface area (TPSA) is 106 Å². The molecule has 0 amide bonds. The minimum atomic E-state index is -1.03. The summed E-state index contributed by atoms with van der Waals surface area (Å²) in [5, 5.41) is 13.0. The van der Waals surface area contributed by atoms with Gasteiger partial charge in [-0.15, -0.1) is 6.58 Å². The summed E-state index contributed by atoms with van der Waals surface area (Å²) in [6, 6.07) is 11.1. The van der Waals surface area contributed by atoms with Crippen molar-refractivity contribution >= 4 is 33.0 Å². The third-order valence-electron chi connectivity index (χ3n) is 7.71. The molecule has 184 valence electrons. The van der Waals surface area contributed by atoms with E-state index in [1.807, 2.05) is 6.08 Å². The second-order valence-corrected chi connectivity index (χ2v) is 9.59. The van der Waals surface area contributed by atoms with Crippen molar-refractivity contribution in [2.24, 2.45) is 11.8 Å². The Morgan fingerprint density at radius 2 is 1.86 bits per heavy atom. The Bertz CT molecular complexity index is 1640. The Hall–Kier alpha value is -3.75. The predicted molar refractivity (Wildman–Crippen MR) is 136 cm³/mol. The van der Waals surface area contributed by atoms with Crippen molar-refractivity contribution in [3.8, 4) is 5.75 Å². The van der Waals surface area contributed by atoms with Crippen LogP contribution in [0, 0.1) is 11.8 Å². The highest BCUT2D eigenvalue weighted by atomic mass is 16.5. The van der Waals surface area contributed by atoms with E-state index in [0.29, 0.717) is 34.1 Å². The van der Waals surface area contributed by atoms with E-state index in [0.717, 1.165) is 25.9 Å². The number of nitrogens with zero attached hydrogens (tertiary/aromatic N) is 2. The van der Waals surface area contributed by atoms with Crippen molar-refractivity contribution in [1.82, 2.24) is 9.88 Å². The van der Waals surface area contributed by atoms with E-state index in [-0.39, 0.29) is 28.1 Å². The first-order valence-electron chi connectivity index (χ1n) is 12.1. The molecule has 0 saturated carbocycles. The second kappa shape index (κ2) is 8.72. The molecule has 8 heteroatoms. The molecule has 0 spiro atoms. The average Bonchev–Trinajstić information content (AvgIpc) is 2.92. The summed E-state index contributed by atoms with van der Waals surface area (Å²) in [7, 11) is 1.55. The van der Waals surface area contributed by atoms with Gasteiger partial charge >= 0.3 is 11.3 Å². The number of rotatable bonds is 4. The zero-order valence-electron chi connectivity index (χ0n) is 19.8.